The number of aryl methyl sites for hydroxylation is 1. The quantitative estimate of drug-likeness (QED) is 0.184. The predicted molar refractivity (Wildman–Crippen MR) is 129 cm³/mol. The number of amides is 1. The number of carbonyl (C=O) groups is 1. The second-order valence-corrected chi connectivity index (χ2v) is 8.35. The molecule has 1 amide bonds. The van der Waals surface area contributed by atoms with E-state index in [-0.39, 0.29) is 22.9 Å². The molecule has 0 spiro atoms. The number of aromatic nitrogens is 2. The van der Waals surface area contributed by atoms with Crippen LogP contribution in [0, 0.1) is 17.0 Å². The molecule has 0 bridgehead atoms. The average molecular weight is 461 g/mol. The number of fused-ring (bicyclic) bond motifs is 1. The third-order valence-corrected chi connectivity index (χ3v) is 6.11. The van der Waals surface area contributed by atoms with Crippen LogP contribution in [0.25, 0.3) is 16.6 Å². The van der Waals surface area contributed by atoms with Crippen molar-refractivity contribution >= 4 is 39.9 Å². The van der Waals surface area contributed by atoms with Gasteiger partial charge in [0.1, 0.15) is 0 Å². The smallest absolute Gasteiger partial charge is 0.269 e. The molecule has 33 heavy (non-hydrogen) atoms. The van der Waals surface area contributed by atoms with E-state index in [4.69, 9.17) is 0 Å². The van der Waals surface area contributed by atoms with Crippen molar-refractivity contribution in [1.29, 1.82) is 0 Å². The summed E-state index contributed by atoms with van der Waals surface area (Å²) in [5.74, 6) is -0.198. The van der Waals surface area contributed by atoms with Gasteiger partial charge in [0.05, 0.1) is 27.3 Å². The van der Waals surface area contributed by atoms with E-state index in [1.807, 2.05) is 37.3 Å². The first-order valence-corrected chi connectivity index (χ1v) is 11.1. The molecule has 0 aliphatic rings. The van der Waals surface area contributed by atoms with Gasteiger partial charge in [-0.3, -0.25) is 24.3 Å². The van der Waals surface area contributed by atoms with Gasteiger partial charge in [0.15, 0.2) is 5.16 Å². The minimum Gasteiger partial charge on any atom is -0.315 e. The number of rotatable bonds is 6. The number of benzene rings is 3. The lowest BCUT2D eigenvalue weighted by Gasteiger charge is -2.18. The number of nitrogens with zero attached hydrogens (tertiary/aromatic N) is 4. The Hall–Kier alpha value is -3.98. The molecule has 0 saturated heterocycles. The topological polar surface area (TPSA) is 98.3 Å². The van der Waals surface area contributed by atoms with Gasteiger partial charge < -0.3 is 4.90 Å². The van der Waals surface area contributed by atoms with E-state index in [9.17, 15) is 19.7 Å². The highest BCUT2D eigenvalue weighted by Crippen LogP contribution is 2.24. The molecule has 0 aliphatic carbocycles. The third-order valence-electron chi connectivity index (χ3n) is 5.18. The van der Waals surface area contributed by atoms with Gasteiger partial charge in [-0.05, 0) is 43.3 Å². The summed E-state index contributed by atoms with van der Waals surface area (Å²) in [7, 11) is 1.60. The lowest BCUT2D eigenvalue weighted by Crippen LogP contribution is -2.28. The van der Waals surface area contributed by atoms with Gasteiger partial charge in [-0.2, -0.15) is 0 Å². The van der Waals surface area contributed by atoms with Gasteiger partial charge in [-0.15, -0.1) is 0 Å². The number of carbonyl (C=O) groups excluding carboxylic acids is 1. The fourth-order valence-electron chi connectivity index (χ4n) is 3.30. The first kappa shape index (κ1) is 22.2. The summed E-state index contributed by atoms with van der Waals surface area (Å²) < 4.78 is 1.52. The van der Waals surface area contributed by atoms with Crippen molar-refractivity contribution in [2.45, 2.75) is 12.1 Å². The van der Waals surface area contributed by atoms with Crippen molar-refractivity contribution in [1.82, 2.24) is 9.55 Å². The maximum atomic E-state index is 13.3. The molecule has 8 nitrogen and oxygen atoms in total. The molecule has 0 unspecified atom stereocenters. The highest BCUT2D eigenvalue weighted by molar-refractivity contribution is 7.99. The molecule has 0 fully saturated rings. The Balaban J connectivity index is 1.64. The van der Waals surface area contributed by atoms with Crippen LogP contribution < -0.4 is 10.5 Å². The van der Waals surface area contributed by atoms with Crippen LogP contribution in [0.2, 0.25) is 0 Å². The first-order valence-electron chi connectivity index (χ1n) is 10.1. The monoisotopic (exact) mass is 460 g/mol. The van der Waals surface area contributed by atoms with Crippen LogP contribution >= 0.6 is 11.8 Å². The molecular formula is C24H20N4O4S. The van der Waals surface area contributed by atoms with Crippen LogP contribution in [0.5, 0.6) is 0 Å². The number of thioether (sulfide) groups is 1. The molecule has 0 saturated carbocycles. The third kappa shape index (κ3) is 4.63. The Bertz CT molecular complexity index is 1400. The van der Waals surface area contributed by atoms with Gasteiger partial charge in [0.2, 0.25) is 5.91 Å². The van der Waals surface area contributed by atoms with Gasteiger partial charge in [0.25, 0.3) is 11.2 Å². The summed E-state index contributed by atoms with van der Waals surface area (Å²) in [4.78, 5) is 42.5. The molecule has 0 N–H and O–H groups in total. The van der Waals surface area contributed by atoms with Crippen molar-refractivity contribution in [3.63, 3.8) is 0 Å². The SMILES string of the molecule is Cc1ccc(-n2c(SCC(=O)N(C)c3ccc([N+](=O)[O-])cc3)nc3ccccc3c2=O)cc1. The number of non-ortho nitro benzene ring substituents is 1. The summed E-state index contributed by atoms with van der Waals surface area (Å²) in [5.41, 5.74) is 2.58. The lowest BCUT2D eigenvalue weighted by atomic mass is 10.2. The number of hydrogen-bond donors (Lipinski definition) is 0. The largest absolute Gasteiger partial charge is 0.315 e. The summed E-state index contributed by atoms with van der Waals surface area (Å²) in [6.07, 6.45) is 0. The predicted octanol–water partition coefficient (Wildman–Crippen LogP) is 4.36. The summed E-state index contributed by atoms with van der Waals surface area (Å²) >= 11 is 1.17. The maximum Gasteiger partial charge on any atom is 0.269 e. The zero-order chi connectivity index (χ0) is 23.5. The molecular weight excluding hydrogens is 440 g/mol. The molecule has 1 heterocycles. The molecule has 4 rings (SSSR count). The number of anilines is 1. The van der Waals surface area contributed by atoms with E-state index in [0.29, 0.717) is 27.4 Å². The highest BCUT2D eigenvalue weighted by Gasteiger charge is 2.17. The van der Waals surface area contributed by atoms with Gasteiger partial charge >= 0.3 is 0 Å². The highest BCUT2D eigenvalue weighted by atomic mass is 32.2. The standard InChI is InChI=1S/C24H20N4O4S/c1-16-7-9-18(10-8-16)27-23(30)20-5-3-4-6-21(20)25-24(27)33-15-22(29)26(2)17-11-13-19(14-12-17)28(31)32/h3-14H,15H2,1-2H3. The Morgan fingerprint density at radius 2 is 1.73 bits per heavy atom. The average Bonchev–Trinajstić information content (AvgIpc) is 2.83. The van der Waals surface area contributed by atoms with Gasteiger partial charge in [-0.25, -0.2) is 4.98 Å². The van der Waals surface area contributed by atoms with Crippen LogP contribution in [0.15, 0.2) is 82.7 Å². The van der Waals surface area contributed by atoms with Crippen molar-refractivity contribution in [3.8, 4) is 5.69 Å². The zero-order valence-corrected chi connectivity index (χ0v) is 18.8. The van der Waals surface area contributed by atoms with Crippen molar-refractivity contribution in [2.75, 3.05) is 17.7 Å². The van der Waals surface area contributed by atoms with Crippen molar-refractivity contribution in [3.05, 3.63) is 98.8 Å². The first-order chi connectivity index (χ1) is 15.8. The molecule has 0 radical (unpaired) electrons. The van der Waals surface area contributed by atoms with Gasteiger partial charge in [0, 0.05) is 24.9 Å². The number of nitro groups is 1. The molecule has 0 atom stereocenters. The number of nitro benzene ring substituents is 1. The summed E-state index contributed by atoms with van der Waals surface area (Å²) in [6.45, 7) is 1.97. The van der Waals surface area contributed by atoms with E-state index in [1.54, 1.807) is 25.2 Å². The molecule has 0 aliphatic heterocycles. The summed E-state index contributed by atoms with van der Waals surface area (Å²) in [6, 6.07) is 20.4. The second kappa shape index (κ2) is 9.25. The van der Waals surface area contributed by atoms with E-state index >= 15 is 0 Å². The van der Waals surface area contributed by atoms with Crippen LogP contribution in [-0.2, 0) is 4.79 Å². The van der Waals surface area contributed by atoms with Crippen LogP contribution in [-0.4, -0.2) is 33.2 Å². The van der Waals surface area contributed by atoms with Crippen molar-refractivity contribution < 1.29 is 9.72 Å². The molecule has 166 valence electrons. The Morgan fingerprint density at radius 1 is 1.06 bits per heavy atom. The molecule has 3 aromatic carbocycles. The maximum absolute atomic E-state index is 13.3. The molecule has 9 heteroatoms. The Labute approximate surface area is 193 Å². The van der Waals surface area contributed by atoms with E-state index in [1.165, 1.54) is 45.5 Å². The Morgan fingerprint density at radius 3 is 2.39 bits per heavy atom. The number of hydrogen-bond acceptors (Lipinski definition) is 6. The van der Waals surface area contributed by atoms with Crippen LogP contribution in [0.4, 0.5) is 11.4 Å². The zero-order valence-electron chi connectivity index (χ0n) is 18.0. The summed E-state index contributed by atoms with van der Waals surface area (Å²) in [5, 5.41) is 11.8. The van der Waals surface area contributed by atoms with E-state index in [0.717, 1.165) is 5.56 Å². The lowest BCUT2D eigenvalue weighted by molar-refractivity contribution is -0.384. The minimum absolute atomic E-state index is 0.0319. The fourth-order valence-corrected chi connectivity index (χ4v) is 4.22. The minimum atomic E-state index is -0.489. The van der Waals surface area contributed by atoms with Crippen molar-refractivity contribution in [2.24, 2.45) is 0 Å². The fraction of sp³-hybridized carbons (Fsp3) is 0.125. The Kier molecular flexibility index (Phi) is 6.23. The molecule has 1 aromatic heterocycles. The number of para-hydroxylation sites is 1. The van der Waals surface area contributed by atoms with Crippen LogP contribution in [0.1, 0.15) is 5.56 Å². The van der Waals surface area contributed by atoms with Gasteiger partial charge in [-0.1, -0.05) is 41.6 Å². The second-order valence-electron chi connectivity index (χ2n) is 7.40. The van der Waals surface area contributed by atoms with E-state index < -0.39 is 4.92 Å². The normalized spacial score (nSPS) is 10.8. The van der Waals surface area contributed by atoms with Crippen LogP contribution in [0.3, 0.4) is 0 Å². The van der Waals surface area contributed by atoms with E-state index in [2.05, 4.69) is 4.98 Å². The molecule has 4 aromatic rings.